The number of hydrogen-bond acceptors (Lipinski definition) is 3. The standard InChI is InChI=1S/C14H18N2O3/c15-12(10-4-2-1-3-5-10)8-13(17)16-7-6-11(9-16)14(18)19/h1-5,11-12H,6-9,15H2,(H,18,19). The summed E-state index contributed by atoms with van der Waals surface area (Å²) in [6.45, 7) is 0.812. The number of nitrogens with zero attached hydrogens (tertiary/aromatic N) is 1. The Labute approximate surface area is 112 Å². The van der Waals surface area contributed by atoms with Crippen LogP contribution in [0.4, 0.5) is 0 Å². The van der Waals surface area contributed by atoms with Gasteiger partial charge in [-0.15, -0.1) is 0 Å². The minimum absolute atomic E-state index is 0.0693. The first kappa shape index (κ1) is 13.5. The molecule has 1 aliphatic rings. The predicted octanol–water partition coefficient (Wildman–Crippen LogP) is 1.01. The number of carboxylic acid groups (broad SMARTS) is 1. The van der Waals surface area contributed by atoms with Crippen molar-refractivity contribution in [1.29, 1.82) is 0 Å². The third-order valence-electron chi connectivity index (χ3n) is 3.51. The highest BCUT2D eigenvalue weighted by atomic mass is 16.4. The van der Waals surface area contributed by atoms with Crippen molar-refractivity contribution < 1.29 is 14.7 Å². The summed E-state index contributed by atoms with van der Waals surface area (Å²) in [5, 5.41) is 8.91. The second-order valence-electron chi connectivity index (χ2n) is 4.88. The van der Waals surface area contributed by atoms with Crippen molar-refractivity contribution in [1.82, 2.24) is 4.90 Å². The van der Waals surface area contributed by atoms with Crippen LogP contribution in [0.1, 0.15) is 24.4 Å². The summed E-state index contributed by atoms with van der Waals surface area (Å²) in [5.41, 5.74) is 6.92. The van der Waals surface area contributed by atoms with Gasteiger partial charge in [-0.2, -0.15) is 0 Å². The molecule has 1 amide bonds. The lowest BCUT2D eigenvalue weighted by Gasteiger charge is -2.19. The summed E-state index contributed by atoms with van der Waals surface area (Å²) < 4.78 is 0. The Balaban J connectivity index is 1.90. The molecule has 1 aromatic rings. The van der Waals surface area contributed by atoms with Crippen LogP contribution < -0.4 is 5.73 Å². The van der Waals surface area contributed by atoms with Crippen molar-refractivity contribution in [3.8, 4) is 0 Å². The van der Waals surface area contributed by atoms with E-state index in [1.165, 1.54) is 0 Å². The number of amides is 1. The van der Waals surface area contributed by atoms with Crippen LogP contribution in [0.5, 0.6) is 0 Å². The average molecular weight is 262 g/mol. The Morgan fingerprint density at radius 1 is 1.37 bits per heavy atom. The number of carbonyl (C=O) groups excluding carboxylic acids is 1. The predicted molar refractivity (Wildman–Crippen MR) is 70.3 cm³/mol. The van der Waals surface area contributed by atoms with Crippen LogP contribution in [-0.4, -0.2) is 35.0 Å². The SMILES string of the molecule is NC(CC(=O)N1CCC(C(=O)O)C1)c1ccccc1. The second-order valence-corrected chi connectivity index (χ2v) is 4.88. The number of carbonyl (C=O) groups is 2. The zero-order chi connectivity index (χ0) is 13.8. The van der Waals surface area contributed by atoms with Gasteiger partial charge in [0.15, 0.2) is 0 Å². The van der Waals surface area contributed by atoms with Crippen molar-refractivity contribution in [2.24, 2.45) is 11.7 Å². The van der Waals surface area contributed by atoms with Crippen LogP contribution in [0.2, 0.25) is 0 Å². The molecule has 19 heavy (non-hydrogen) atoms. The quantitative estimate of drug-likeness (QED) is 0.848. The largest absolute Gasteiger partial charge is 0.481 e. The molecule has 2 rings (SSSR count). The molecule has 0 bridgehead atoms. The fourth-order valence-electron chi connectivity index (χ4n) is 2.32. The van der Waals surface area contributed by atoms with Gasteiger partial charge in [-0.25, -0.2) is 0 Å². The van der Waals surface area contributed by atoms with Crippen LogP contribution in [0.3, 0.4) is 0 Å². The maximum absolute atomic E-state index is 12.1. The van der Waals surface area contributed by atoms with Gasteiger partial charge in [0.05, 0.1) is 5.92 Å². The Morgan fingerprint density at radius 3 is 2.63 bits per heavy atom. The number of carboxylic acids is 1. The van der Waals surface area contributed by atoms with E-state index < -0.39 is 11.9 Å². The summed E-state index contributed by atoms with van der Waals surface area (Å²) in [7, 11) is 0. The maximum atomic E-state index is 12.1. The van der Waals surface area contributed by atoms with Crippen LogP contribution in [0, 0.1) is 5.92 Å². The van der Waals surface area contributed by atoms with E-state index in [-0.39, 0.29) is 18.4 Å². The van der Waals surface area contributed by atoms with Crippen molar-refractivity contribution >= 4 is 11.9 Å². The molecule has 5 nitrogen and oxygen atoms in total. The van der Waals surface area contributed by atoms with Crippen molar-refractivity contribution in [3.63, 3.8) is 0 Å². The van der Waals surface area contributed by atoms with E-state index >= 15 is 0 Å². The van der Waals surface area contributed by atoms with E-state index in [0.717, 1.165) is 5.56 Å². The minimum atomic E-state index is -0.831. The van der Waals surface area contributed by atoms with Crippen LogP contribution in [0.15, 0.2) is 30.3 Å². The van der Waals surface area contributed by atoms with E-state index in [2.05, 4.69) is 0 Å². The molecule has 1 fully saturated rings. The molecule has 0 aliphatic carbocycles. The average Bonchev–Trinajstić information content (AvgIpc) is 2.89. The molecule has 102 valence electrons. The van der Waals surface area contributed by atoms with Gasteiger partial charge in [-0.3, -0.25) is 9.59 Å². The van der Waals surface area contributed by atoms with E-state index in [4.69, 9.17) is 10.8 Å². The van der Waals surface area contributed by atoms with Gasteiger partial charge >= 0.3 is 5.97 Å². The molecule has 0 radical (unpaired) electrons. The van der Waals surface area contributed by atoms with Crippen LogP contribution >= 0.6 is 0 Å². The first-order valence-corrected chi connectivity index (χ1v) is 6.39. The maximum Gasteiger partial charge on any atom is 0.308 e. The third-order valence-corrected chi connectivity index (χ3v) is 3.51. The molecule has 1 saturated heterocycles. The molecule has 5 heteroatoms. The summed E-state index contributed by atoms with van der Waals surface area (Å²) >= 11 is 0. The minimum Gasteiger partial charge on any atom is -0.481 e. The highest BCUT2D eigenvalue weighted by Gasteiger charge is 2.31. The molecule has 2 unspecified atom stereocenters. The molecule has 2 atom stereocenters. The molecule has 1 aliphatic heterocycles. The zero-order valence-electron chi connectivity index (χ0n) is 10.7. The number of likely N-dealkylation sites (tertiary alicyclic amines) is 1. The van der Waals surface area contributed by atoms with Crippen molar-refractivity contribution in [3.05, 3.63) is 35.9 Å². The highest BCUT2D eigenvalue weighted by Crippen LogP contribution is 2.20. The fourth-order valence-corrected chi connectivity index (χ4v) is 2.32. The van der Waals surface area contributed by atoms with Gasteiger partial charge in [-0.05, 0) is 12.0 Å². The van der Waals surface area contributed by atoms with Crippen LogP contribution in [0.25, 0.3) is 0 Å². The Kier molecular flexibility index (Phi) is 4.16. The summed E-state index contributed by atoms with van der Waals surface area (Å²) in [5.74, 6) is -1.33. The number of hydrogen-bond donors (Lipinski definition) is 2. The first-order chi connectivity index (χ1) is 9.08. The lowest BCUT2D eigenvalue weighted by molar-refractivity contribution is -0.141. The molecule has 1 aromatic carbocycles. The Hall–Kier alpha value is -1.88. The summed E-state index contributed by atoms with van der Waals surface area (Å²) in [6, 6.07) is 9.11. The van der Waals surface area contributed by atoms with Gasteiger partial charge in [0.1, 0.15) is 0 Å². The van der Waals surface area contributed by atoms with E-state index in [9.17, 15) is 9.59 Å². The molecule has 3 N–H and O–H groups in total. The van der Waals surface area contributed by atoms with E-state index in [1.807, 2.05) is 30.3 Å². The Bertz CT molecular complexity index is 461. The van der Waals surface area contributed by atoms with Gasteiger partial charge in [0.25, 0.3) is 0 Å². The molecular formula is C14H18N2O3. The van der Waals surface area contributed by atoms with Crippen molar-refractivity contribution in [2.75, 3.05) is 13.1 Å². The molecule has 0 aromatic heterocycles. The smallest absolute Gasteiger partial charge is 0.308 e. The number of rotatable bonds is 4. The molecule has 1 heterocycles. The van der Waals surface area contributed by atoms with Gasteiger partial charge in [0.2, 0.25) is 5.91 Å². The highest BCUT2D eigenvalue weighted by molar-refractivity contribution is 5.79. The second kappa shape index (κ2) is 5.84. The number of nitrogens with two attached hydrogens (primary N) is 1. The summed E-state index contributed by atoms with van der Waals surface area (Å²) in [4.78, 5) is 24.5. The van der Waals surface area contributed by atoms with Gasteiger partial charge in [-0.1, -0.05) is 30.3 Å². The van der Waals surface area contributed by atoms with E-state index in [0.29, 0.717) is 19.5 Å². The molecule has 0 spiro atoms. The van der Waals surface area contributed by atoms with E-state index in [1.54, 1.807) is 4.90 Å². The monoisotopic (exact) mass is 262 g/mol. The lowest BCUT2D eigenvalue weighted by atomic mass is 10.0. The van der Waals surface area contributed by atoms with Crippen LogP contribution in [-0.2, 0) is 9.59 Å². The zero-order valence-corrected chi connectivity index (χ0v) is 10.7. The first-order valence-electron chi connectivity index (χ1n) is 6.39. The molecule has 0 saturated carbocycles. The normalized spacial score (nSPS) is 20.3. The topological polar surface area (TPSA) is 83.6 Å². The lowest BCUT2D eigenvalue weighted by Crippen LogP contribution is -2.32. The van der Waals surface area contributed by atoms with Gasteiger partial charge in [0, 0.05) is 25.6 Å². The number of benzene rings is 1. The number of aliphatic carboxylic acids is 1. The third kappa shape index (κ3) is 3.32. The summed E-state index contributed by atoms with van der Waals surface area (Å²) in [6.07, 6.45) is 0.748. The molecular weight excluding hydrogens is 244 g/mol. The Morgan fingerprint density at radius 2 is 2.05 bits per heavy atom. The van der Waals surface area contributed by atoms with Crippen molar-refractivity contribution in [2.45, 2.75) is 18.9 Å². The van der Waals surface area contributed by atoms with Gasteiger partial charge < -0.3 is 15.7 Å². The fraction of sp³-hybridized carbons (Fsp3) is 0.429.